The molecule has 1 aromatic heterocycles. The average Bonchev–Trinajstić information content (AvgIpc) is 2.44. The van der Waals surface area contributed by atoms with Crippen LogP contribution in [0.2, 0.25) is 5.15 Å². The lowest BCUT2D eigenvalue weighted by Crippen LogP contribution is -2.14. The number of hydrogen-bond acceptors (Lipinski definition) is 4. The number of hydrogen-bond donors (Lipinski definition) is 2. The Bertz CT molecular complexity index is 710. The molecular weight excluding hydrogens is 425 g/mol. The highest BCUT2D eigenvalue weighted by molar-refractivity contribution is 9.11. The lowest BCUT2D eigenvalue weighted by Gasteiger charge is -2.11. The van der Waals surface area contributed by atoms with E-state index in [0.29, 0.717) is 21.6 Å². The van der Waals surface area contributed by atoms with Crippen molar-refractivity contribution in [1.82, 2.24) is 4.98 Å². The van der Waals surface area contributed by atoms with Crippen molar-refractivity contribution in [2.24, 2.45) is 0 Å². The summed E-state index contributed by atoms with van der Waals surface area (Å²) in [5, 5.41) is 2.81. The summed E-state index contributed by atoms with van der Waals surface area (Å²) >= 11 is 12.6. The topological polar surface area (TPSA) is 77.2 Å². The molecule has 0 fully saturated rings. The monoisotopic (exact) mass is 433 g/mol. The van der Waals surface area contributed by atoms with Crippen LogP contribution in [0.3, 0.4) is 0 Å². The third kappa shape index (κ3) is 3.66. The number of nitrogens with two attached hydrogens (primary N) is 1. The molecule has 0 saturated heterocycles. The van der Waals surface area contributed by atoms with Gasteiger partial charge in [0.25, 0.3) is 5.91 Å². The van der Waals surface area contributed by atoms with E-state index < -0.39 is 5.91 Å². The molecule has 21 heavy (non-hydrogen) atoms. The Morgan fingerprint density at radius 2 is 2.05 bits per heavy atom. The first-order chi connectivity index (χ1) is 9.92. The highest BCUT2D eigenvalue weighted by atomic mass is 79.9. The lowest BCUT2D eigenvalue weighted by atomic mass is 10.2. The van der Waals surface area contributed by atoms with Gasteiger partial charge in [-0.15, -0.1) is 0 Å². The van der Waals surface area contributed by atoms with Crippen LogP contribution in [0.5, 0.6) is 5.75 Å². The molecule has 8 heteroatoms. The summed E-state index contributed by atoms with van der Waals surface area (Å²) in [5.41, 5.74) is 6.72. The summed E-state index contributed by atoms with van der Waals surface area (Å²) in [6.07, 6.45) is 1.39. The van der Waals surface area contributed by atoms with Gasteiger partial charge in [0.15, 0.2) is 0 Å². The van der Waals surface area contributed by atoms with Gasteiger partial charge in [0, 0.05) is 10.5 Å². The molecule has 0 saturated carbocycles. The second-order valence-corrected chi connectivity index (χ2v) is 6.09. The summed E-state index contributed by atoms with van der Waals surface area (Å²) in [6, 6.07) is 4.92. The maximum atomic E-state index is 12.3. The fourth-order valence-electron chi connectivity index (χ4n) is 1.59. The molecule has 1 heterocycles. The van der Waals surface area contributed by atoms with Crippen LogP contribution in [0.25, 0.3) is 0 Å². The van der Waals surface area contributed by atoms with Gasteiger partial charge in [-0.2, -0.15) is 0 Å². The Labute approximate surface area is 143 Å². The van der Waals surface area contributed by atoms with Crippen molar-refractivity contribution in [2.45, 2.75) is 0 Å². The number of rotatable bonds is 3. The number of ether oxygens (including phenoxy) is 1. The van der Waals surface area contributed by atoms with Crippen LogP contribution in [0.4, 0.5) is 11.4 Å². The maximum absolute atomic E-state index is 12.3. The first-order valence-corrected chi connectivity index (χ1v) is 7.64. The number of nitrogens with zero attached hydrogens (tertiary/aromatic N) is 1. The minimum atomic E-state index is -0.412. The van der Waals surface area contributed by atoms with Gasteiger partial charge in [-0.05, 0) is 44.0 Å². The largest absolute Gasteiger partial charge is 0.495 e. The number of anilines is 2. The molecule has 0 unspecified atom stereocenters. The molecule has 0 bridgehead atoms. The van der Waals surface area contributed by atoms with Crippen molar-refractivity contribution in [3.63, 3.8) is 0 Å². The third-order valence-electron chi connectivity index (χ3n) is 2.59. The molecule has 1 aromatic carbocycles. The number of benzene rings is 1. The van der Waals surface area contributed by atoms with Gasteiger partial charge in [-0.1, -0.05) is 11.6 Å². The van der Waals surface area contributed by atoms with Gasteiger partial charge in [0.2, 0.25) is 0 Å². The average molecular weight is 436 g/mol. The van der Waals surface area contributed by atoms with Crippen LogP contribution in [-0.4, -0.2) is 18.0 Å². The zero-order chi connectivity index (χ0) is 15.6. The molecule has 5 nitrogen and oxygen atoms in total. The van der Waals surface area contributed by atoms with Crippen molar-refractivity contribution in [3.05, 3.63) is 44.1 Å². The third-order valence-corrected chi connectivity index (χ3v) is 4.17. The van der Waals surface area contributed by atoms with Gasteiger partial charge < -0.3 is 15.8 Å². The number of carbonyl (C=O) groups is 1. The van der Waals surface area contributed by atoms with E-state index in [1.807, 2.05) is 0 Å². The minimum absolute atomic E-state index is 0.0851. The summed E-state index contributed by atoms with van der Waals surface area (Å²) in [7, 11) is 1.54. The fourth-order valence-corrected chi connectivity index (χ4v) is 3.04. The first kappa shape index (κ1) is 16.1. The molecule has 0 atom stereocenters. The van der Waals surface area contributed by atoms with E-state index in [1.54, 1.807) is 12.1 Å². The van der Waals surface area contributed by atoms with Crippen LogP contribution in [0, 0.1) is 0 Å². The smallest absolute Gasteiger partial charge is 0.258 e. The van der Waals surface area contributed by atoms with Crippen LogP contribution >= 0.6 is 43.5 Å². The number of methoxy groups -OCH3 is 1. The molecule has 0 aliphatic carbocycles. The Hall–Kier alpha value is -1.31. The molecule has 0 radical (unpaired) electrons. The highest BCUT2D eigenvalue weighted by Crippen LogP contribution is 2.35. The SMILES string of the molecule is COc1cc(NC(=O)c2cc(N)cnc2Cl)c(Br)cc1Br. The van der Waals surface area contributed by atoms with E-state index in [0.717, 1.165) is 4.47 Å². The van der Waals surface area contributed by atoms with Gasteiger partial charge in [-0.25, -0.2) is 4.98 Å². The number of halogens is 3. The molecule has 0 aliphatic heterocycles. The number of carbonyl (C=O) groups excluding carboxylic acids is 1. The molecular formula is C13H10Br2ClN3O2. The molecule has 1 amide bonds. The molecule has 0 aliphatic rings. The zero-order valence-corrected chi connectivity index (χ0v) is 14.7. The molecule has 0 spiro atoms. The van der Waals surface area contributed by atoms with E-state index in [2.05, 4.69) is 42.2 Å². The second-order valence-electron chi connectivity index (χ2n) is 4.03. The summed E-state index contributed by atoms with van der Waals surface area (Å²) in [4.78, 5) is 16.1. The lowest BCUT2D eigenvalue weighted by molar-refractivity contribution is 0.102. The summed E-state index contributed by atoms with van der Waals surface area (Å²) in [5.74, 6) is 0.176. The first-order valence-electron chi connectivity index (χ1n) is 5.67. The molecule has 2 rings (SSSR count). The quantitative estimate of drug-likeness (QED) is 0.712. The van der Waals surface area contributed by atoms with E-state index in [9.17, 15) is 4.79 Å². The fraction of sp³-hybridized carbons (Fsp3) is 0.0769. The number of pyridine rings is 1. The summed E-state index contributed by atoms with van der Waals surface area (Å²) in [6.45, 7) is 0. The molecule has 110 valence electrons. The van der Waals surface area contributed by atoms with E-state index >= 15 is 0 Å². The Morgan fingerprint density at radius 1 is 1.33 bits per heavy atom. The van der Waals surface area contributed by atoms with Crippen molar-refractivity contribution < 1.29 is 9.53 Å². The number of nitrogen functional groups attached to an aromatic ring is 1. The van der Waals surface area contributed by atoms with Gasteiger partial charge in [0.1, 0.15) is 10.9 Å². The van der Waals surface area contributed by atoms with Crippen molar-refractivity contribution in [1.29, 1.82) is 0 Å². The standard InChI is InChI=1S/C13H10Br2ClN3O2/c1-21-11-4-10(8(14)3-9(11)15)19-13(20)7-2-6(17)5-18-12(7)16/h2-5H,17H2,1H3,(H,19,20). The van der Waals surface area contributed by atoms with Gasteiger partial charge in [0.05, 0.1) is 34.7 Å². The Balaban J connectivity index is 2.33. The van der Waals surface area contributed by atoms with E-state index in [4.69, 9.17) is 22.1 Å². The molecule has 3 N–H and O–H groups in total. The van der Waals surface area contributed by atoms with E-state index in [-0.39, 0.29) is 10.7 Å². The maximum Gasteiger partial charge on any atom is 0.258 e. The van der Waals surface area contributed by atoms with E-state index in [1.165, 1.54) is 19.4 Å². The van der Waals surface area contributed by atoms with Gasteiger partial charge in [-0.3, -0.25) is 4.79 Å². The predicted molar refractivity (Wildman–Crippen MR) is 90.0 cm³/mol. The number of amides is 1. The minimum Gasteiger partial charge on any atom is -0.495 e. The van der Waals surface area contributed by atoms with Crippen molar-refractivity contribution >= 4 is 60.7 Å². The Kier molecular flexibility index (Phi) is 5.08. The van der Waals surface area contributed by atoms with Crippen LogP contribution < -0.4 is 15.8 Å². The van der Waals surface area contributed by atoms with Gasteiger partial charge >= 0.3 is 0 Å². The normalized spacial score (nSPS) is 10.3. The molecule has 2 aromatic rings. The highest BCUT2D eigenvalue weighted by Gasteiger charge is 2.15. The number of nitrogens with one attached hydrogen (secondary N) is 1. The van der Waals surface area contributed by atoms with Crippen LogP contribution in [0.1, 0.15) is 10.4 Å². The summed E-state index contributed by atoms with van der Waals surface area (Å²) < 4.78 is 6.65. The van der Waals surface area contributed by atoms with Crippen LogP contribution in [0.15, 0.2) is 33.3 Å². The Morgan fingerprint density at radius 3 is 2.71 bits per heavy atom. The van der Waals surface area contributed by atoms with Crippen molar-refractivity contribution in [2.75, 3.05) is 18.2 Å². The predicted octanol–water partition coefficient (Wildman–Crippen LogP) is 4.10. The van der Waals surface area contributed by atoms with Crippen molar-refractivity contribution in [3.8, 4) is 5.75 Å². The number of aromatic nitrogens is 1. The second kappa shape index (κ2) is 6.64. The zero-order valence-electron chi connectivity index (χ0n) is 10.8. The van der Waals surface area contributed by atoms with Crippen LogP contribution in [-0.2, 0) is 0 Å².